The van der Waals surface area contributed by atoms with Gasteiger partial charge < -0.3 is 4.84 Å². The van der Waals surface area contributed by atoms with Crippen LogP contribution in [-0.2, 0) is 9.63 Å². The molecule has 0 unspecified atom stereocenters. The lowest BCUT2D eigenvalue weighted by molar-refractivity contribution is -0.384. The van der Waals surface area contributed by atoms with Crippen molar-refractivity contribution < 1.29 is 19.3 Å². The molecule has 120 valence electrons. The Labute approximate surface area is 147 Å². The third-order valence-corrected chi connectivity index (χ3v) is 5.74. The van der Waals surface area contributed by atoms with Crippen LogP contribution in [0.15, 0.2) is 41.1 Å². The SMILES string of the molecule is CC1=C/C(=N\OC(=O)c2ccc([N+](=O)[O-])cc2)[C@H](Br)[C@@H](Br)C1=O. The number of non-ortho nitro benzene ring substituents is 1. The molecule has 1 aromatic carbocycles. The normalized spacial score (nSPS) is 22.7. The van der Waals surface area contributed by atoms with E-state index in [0.717, 1.165) is 0 Å². The maximum absolute atomic E-state index is 11.9. The van der Waals surface area contributed by atoms with Gasteiger partial charge in [0.2, 0.25) is 0 Å². The van der Waals surface area contributed by atoms with Gasteiger partial charge in [-0.1, -0.05) is 37.0 Å². The quantitative estimate of drug-likeness (QED) is 0.308. The van der Waals surface area contributed by atoms with Gasteiger partial charge in [-0.3, -0.25) is 14.9 Å². The van der Waals surface area contributed by atoms with Gasteiger partial charge in [0.1, 0.15) is 0 Å². The van der Waals surface area contributed by atoms with Crippen LogP contribution in [0.25, 0.3) is 0 Å². The first-order chi connectivity index (χ1) is 10.8. The van der Waals surface area contributed by atoms with Crippen LogP contribution < -0.4 is 0 Å². The van der Waals surface area contributed by atoms with Gasteiger partial charge >= 0.3 is 5.97 Å². The minimum absolute atomic E-state index is 0.0764. The number of nitro benzene ring substituents is 1. The number of halogens is 2. The molecule has 0 saturated heterocycles. The maximum atomic E-state index is 11.9. The number of benzene rings is 1. The monoisotopic (exact) mass is 444 g/mol. The molecule has 7 nitrogen and oxygen atoms in total. The molecule has 1 aromatic rings. The zero-order valence-electron chi connectivity index (χ0n) is 11.7. The number of hydrogen-bond donors (Lipinski definition) is 0. The molecule has 0 aromatic heterocycles. The third kappa shape index (κ3) is 3.91. The minimum Gasteiger partial charge on any atom is -0.313 e. The van der Waals surface area contributed by atoms with Crippen molar-refractivity contribution >= 4 is 55.0 Å². The molecular weight excluding hydrogens is 436 g/mol. The highest BCUT2D eigenvalue weighted by molar-refractivity contribution is 9.12. The summed E-state index contributed by atoms with van der Waals surface area (Å²) in [5.41, 5.74) is 0.890. The third-order valence-electron chi connectivity index (χ3n) is 3.09. The lowest BCUT2D eigenvalue weighted by Gasteiger charge is -2.20. The molecule has 0 bridgehead atoms. The molecule has 23 heavy (non-hydrogen) atoms. The van der Waals surface area contributed by atoms with E-state index in [1.807, 2.05) is 0 Å². The van der Waals surface area contributed by atoms with Gasteiger partial charge in [-0.25, -0.2) is 4.79 Å². The van der Waals surface area contributed by atoms with Crippen LogP contribution in [0.3, 0.4) is 0 Å². The number of ketones is 1. The Balaban J connectivity index is 2.14. The van der Waals surface area contributed by atoms with E-state index in [1.54, 1.807) is 6.92 Å². The first kappa shape index (κ1) is 17.5. The summed E-state index contributed by atoms with van der Waals surface area (Å²) < 4.78 is 0. The van der Waals surface area contributed by atoms with E-state index in [0.29, 0.717) is 11.3 Å². The molecule has 0 N–H and O–H groups in total. The number of allylic oxidation sites excluding steroid dienone is 2. The summed E-state index contributed by atoms with van der Waals surface area (Å²) >= 11 is 6.56. The zero-order chi connectivity index (χ0) is 17.1. The summed E-state index contributed by atoms with van der Waals surface area (Å²) in [6, 6.07) is 4.97. The van der Waals surface area contributed by atoms with Gasteiger partial charge in [0.15, 0.2) is 5.78 Å². The van der Waals surface area contributed by atoms with Gasteiger partial charge in [0.05, 0.1) is 25.9 Å². The van der Waals surface area contributed by atoms with E-state index >= 15 is 0 Å². The Bertz CT molecular complexity index is 727. The van der Waals surface area contributed by atoms with Crippen LogP contribution in [-0.4, -0.2) is 32.0 Å². The molecule has 0 saturated carbocycles. The number of carbonyl (C=O) groups is 2. The fourth-order valence-electron chi connectivity index (χ4n) is 1.82. The second-order valence-corrected chi connectivity index (χ2v) is 6.67. The Hall–Kier alpha value is -1.87. The number of carbonyl (C=O) groups excluding carboxylic acids is 2. The van der Waals surface area contributed by atoms with Crippen molar-refractivity contribution in [2.24, 2.45) is 5.16 Å². The predicted octanol–water partition coefficient (Wildman–Crippen LogP) is 3.16. The molecule has 0 amide bonds. The average Bonchev–Trinajstić information content (AvgIpc) is 2.54. The largest absolute Gasteiger partial charge is 0.365 e. The van der Waals surface area contributed by atoms with Crippen molar-refractivity contribution in [3.63, 3.8) is 0 Å². The molecule has 2 rings (SSSR count). The molecule has 0 radical (unpaired) electrons. The standard InChI is InChI=1S/C14H10Br2N2O5/c1-7-6-10(11(15)12(16)13(7)19)17-23-14(20)8-2-4-9(5-3-8)18(21)22/h2-6,11-12H,1H3/b17-10+/t11-,12+/m0/s1. The van der Waals surface area contributed by atoms with Crippen molar-refractivity contribution in [1.29, 1.82) is 0 Å². The lowest BCUT2D eigenvalue weighted by Crippen LogP contribution is -2.35. The summed E-state index contributed by atoms with van der Waals surface area (Å²) in [5, 5.41) is 14.3. The van der Waals surface area contributed by atoms with E-state index in [4.69, 9.17) is 4.84 Å². The van der Waals surface area contributed by atoms with Gasteiger partial charge in [0, 0.05) is 12.1 Å². The Kier molecular flexibility index (Phi) is 5.42. The molecular formula is C14H10Br2N2O5. The molecule has 9 heteroatoms. The summed E-state index contributed by atoms with van der Waals surface area (Å²) in [5.74, 6) is -0.825. The topological polar surface area (TPSA) is 98.9 Å². The number of rotatable bonds is 3. The summed E-state index contributed by atoms with van der Waals surface area (Å²) in [6.07, 6.45) is 1.53. The van der Waals surface area contributed by atoms with E-state index in [-0.39, 0.29) is 17.0 Å². The summed E-state index contributed by atoms with van der Waals surface area (Å²) in [4.78, 5) is 37.6. The Morgan fingerprint density at radius 1 is 1.26 bits per heavy atom. The van der Waals surface area contributed by atoms with Crippen LogP contribution in [0.4, 0.5) is 5.69 Å². The van der Waals surface area contributed by atoms with Crippen molar-refractivity contribution in [3.05, 3.63) is 51.6 Å². The Morgan fingerprint density at radius 3 is 2.43 bits per heavy atom. The zero-order valence-corrected chi connectivity index (χ0v) is 14.9. The number of nitro groups is 1. The fourth-order valence-corrected chi connectivity index (χ4v) is 2.90. The van der Waals surface area contributed by atoms with E-state index in [1.165, 1.54) is 30.3 Å². The minimum atomic E-state index is -0.749. The number of nitrogens with zero attached hydrogens (tertiary/aromatic N) is 2. The molecule has 0 fully saturated rings. The summed E-state index contributed by atoms with van der Waals surface area (Å²) in [6.45, 7) is 1.64. The van der Waals surface area contributed by atoms with E-state index < -0.39 is 20.5 Å². The van der Waals surface area contributed by atoms with E-state index in [9.17, 15) is 19.7 Å². The van der Waals surface area contributed by atoms with Crippen molar-refractivity contribution in [3.8, 4) is 0 Å². The fraction of sp³-hybridized carbons (Fsp3) is 0.214. The average molecular weight is 446 g/mol. The highest BCUT2D eigenvalue weighted by Crippen LogP contribution is 2.26. The number of alkyl halides is 2. The van der Waals surface area contributed by atoms with Crippen molar-refractivity contribution in [2.45, 2.75) is 16.6 Å². The highest BCUT2D eigenvalue weighted by atomic mass is 79.9. The first-order valence-corrected chi connectivity index (χ1v) is 8.18. The van der Waals surface area contributed by atoms with Crippen LogP contribution in [0.2, 0.25) is 0 Å². The molecule has 0 aliphatic heterocycles. The molecule has 1 aliphatic carbocycles. The van der Waals surface area contributed by atoms with Gasteiger partial charge in [-0.15, -0.1) is 0 Å². The number of oxime groups is 1. The van der Waals surface area contributed by atoms with Gasteiger partial charge in [-0.2, -0.15) is 0 Å². The number of Topliss-reactive ketones (excluding diaryl/α,β-unsaturated/α-hetero) is 1. The van der Waals surface area contributed by atoms with Crippen molar-refractivity contribution in [1.82, 2.24) is 0 Å². The van der Waals surface area contributed by atoms with Crippen LogP contribution in [0.1, 0.15) is 17.3 Å². The van der Waals surface area contributed by atoms with Crippen molar-refractivity contribution in [2.75, 3.05) is 0 Å². The van der Waals surface area contributed by atoms with Gasteiger partial charge in [-0.05, 0) is 30.7 Å². The highest BCUT2D eigenvalue weighted by Gasteiger charge is 2.33. The molecule has 0 heterocycles. The lowest BCUT2D eigenvalue weighted by atomic mass is 9.98. The summed E-state index contributed by atoms with van der Waals surface area (Å²) in [7, 11) is 0. The van der Waals surface area contributed by atoms with E-state index in [2.05, 4.69) is 37.0 Å². The van der Waals surface area contributed by atoms with Crippen LogP contribution in [0, 0.1) is 10.1 Å². The smallest absolute Gasteiger partial charge is 0.313 e. The number of hydrogen-bond acceptors (Lipinski definition) is 6. The van der Waals surface area contributed by atoms with Gasteiger partial charge in [0.25, 0.3) is 5.69 Å². The predicted molar refractivity (Wildman–Crippen MR) is 90.1 cm³/mol. The molecule has 1 aliphatic rings. The second-order valence-electron chi connectivity index (χ2n) is 4.69. The molecule has 0 spiro atoms. The van der Waals surface area contributed by atoms with Crippen LogP contribution >= 0.6 is 31.9 Å². The maximum Gasteiger partial charge on any atom is 0.365 e. The molecule has 2 atom stereocenters. The first-order valence-electron chi connectivity index (χ1n) is 6.35. The van der Waals surface area contributed by atoms with Crippen LogP contribution in [0.5, 0.6) is 0 Å². The second kappa shape index (κ2) is 7.14. The Morgan fingerprint density at radius 2 is 1.87 bits per heavy atom.